The molecule has 26 heavy (non-hydrogen) atoms. The molecule has 1 amide bonds. The van der Waals surface area contributed by atoms with Gasteiger partial charge >= 0.3 is 6.18 Å². The number of carbonyl (C=O) groups is 1. The first-order valence-corrected chi connectivity index (χ1v) is 7.66. The van der Waals surface area contributed by atoms with Gasteiger partial charge in [0, 0.05) is 20.6 Å². The Balaban J connectivity index is 2.54. The van der Waals surface area contributed by atoms with Gasteiger partial charge < -0.3 is 25.0 Å². The first kappa shape index (κ1) is 21.4. The Labute approximate surface area is 150 Å². The molecular formula is C16H23F3N4O3. The topological polar surface area (TPSA) is 75.2 Å². The number of nitrogens with one attached hydrogen (secondary N) is 2. The molecule has 1 aromatic carbocycles. The van der Waals surface area contributed by atoms with Crippen LogP contribution in [0.25, 0.3) is 0 Å². The Morgan fingerprint density at radius 2 is 1.85 bits per heavy atom. The zero-order valence-corrected chi connectivity index (χ0v) is 15.1. The van der Waals surface area contributed by atoms with Gasteiger partial charge in [-0.3, -0.25) is 9.79 Å². The first-order chi connectivity index (χ1) is 12.2. The predicted octanol–water partition coefficient (Wildman–Crippen LogP) is 1.39. The van der Waals surface area contributed by atoms with Gasteiger partial charge in [-0.1, -0.05) is 6.07 Å². The molecule has 0 atom stereocenters. The number of halogens is 3. The number of nitrogens with zero attached hydrogens (tertiary/aromatic N) is 2. The highest BCUT2D eigenvalue weighted by Gasteiger charge is 2.31. The summed E-state index contributed by atoms with van der Waals surface area (Å²) in [5, 5.41) is 5.65. The largest absolute Gasteiger partial charge is 0.493 e. The van der Waals surface area contributed by atoms with Crippen molar-refractivity contribution >= 4 is 11.9 Å². The maximum Gasteiger partial charge on any atom is 0.406 e. The molecule has 0 spiro atoms. The lowest BCUT2D eigenvalue weighted by molar-refractivity contribution is -0.157. The summed E-state index contributed by atoms with van der Waals surface area (Å²) in [6, 6.07) is 5.35. The Morgan fingerprint density at radius 3 is 2.38 bits per heavy atom. The van der Waals surface area contributed by atoms with Crippen LogP contribution in [0.2, 0.25) is 0 Å². The van der Waals surface area contributed by atoms with Gasteiger partial charge in [0.2, 0.25) is 5.91 Å². The molecule has 0 saturated heterocycles. The number of carbonyl (C=O) groups excluding carboxylic acids is 1. The van der Waals surface area contributed by atoms with Crippen molar-refractivity contribution in [3.05, 3.63) is 23.8 Å². The van der Waals surface area contributed by atoms with E-state index in [0.717, 1.165) is 12.6 Å². The van der Waals surface area contributed by atoms with Gasteiger partial charge in [-0.2, -0.15) is 13.2 Å². The molecule has 0 radical (unpaired) electrons. The van der Waals surface area contributed by atoms with Gasteiger partial charge in [-0.15, -0.1) is 0 Å². The van der Waals surface area contributed by atoms with Crippen LogP contribution in [0.5, 0.6) is 11.5 Å². The van der Waals surface area contributed by atoms with E-state index in [-0.39, 0.29) is 12.5 Å². The number of benzene rings is 1. The fraction of sp³-hybridized carbons (Fsp3) is 0.500. The van der Waals surface area contributed by atoms with Crippen molar-refractivity contribution in [2.75, 3.05) is 41.4 Å². The van der Waals surface area contributed by atoms with E-state index in [1.807, 2.05) is 6.07 Å². The van der Waals surface area contributed by atoms with Crippen LogP contribution in [-0.2, 0) is 11.3 Å². The number of likely N-dealkylation sites (N-methyl/N-ethyl adjacent to an activating group) is 1. The van der Waals surface area contributed by atoms with Crippen LogP contribution in [0.4, 0.5) is 13.2 Å². The first-order valence-electron chi connectivity index (χ1n) is 7.66. The summed E-state index contributed by atoms with van der Waals surface area (Å²) in [4.78, 5) is 16.3. The van der Waals surface area contributed by atoms with E-state index in [2.05, 4.69) is 15.6 Å². The zero-order valence-electron chi connectivity index (χ0n) is 15.1. The summed E-state index contributed by atoms with van der Waals surface area (Å²) in [6.07, 6.45) is -4.43. The van der Waals surface area contributed by atoms with Gasteiger partial charge in [0.25, 0.3) is 0 Å². The average molecular weight is 376 g/mol. The lowest BCUT2D eigenvalue weighted by Gasteiger charge is -2.20. The summed E-state index contributed by atoms with van der Waals surface area (Å²) in [5.41, 5.74) is 0.867. The van der Waals surface area contributed by atoms with Gasteiger partial charge in [0.1, 0.15) is 6.54 Å². The molecule has 0 fully saturated rings. The van der Waals surface area contributed by atoms with Crippen molar-refractivity contribution in [3.63, 3.8) is 0 Å². The number of hydrogen-bond acceptors (Lipinski definition) is 4. The molecule has 1 aromatic rings. The van der Waals surface area contributed by atoms with E-state index in [0.29, 0.717) is 22.9 Å². The summed E-state index contributed by atoms with van der Waals surface area (Å²) in [5.74, 6) is 0.751. The van der Waals surface area contributed by atoms with E-state index in [1.165, 1.54) is 21.3 Å². The molecule has 146 valence electrons. The Hall–Kier alpha value is -2.65. The van der Waals surface area contributed by atoms with Crippen molar-refractivity contribution in [1.29, 1.82) is 0 Å². The molecule has 10 heteroatoms. The van der Waals surface area contributed by atoms with Crippen LogP contribution < -0.4 is 20.1 Å². The minimum absolute atomic E-state index is 0.286. The highest BCUT2D eigenvalue weighted by molar-refractivity contribution is 5.86. The average Bonchev–Trinajstić information content (AvgIpc) is 2.59. The molecule has 0 bridgehead atoms. The second kappa shape index (κ2) is 9.73. The maximum absolute atomic E-state index is 12.3. The number of rotatable bonds is 7. The molecule has 0 aromatic heterocycles. The van der Waals surface area contributed by atoms with Crippen molar-refractivity contribution in [3.8, 4) is 11.5 Å². The number of amides is 1. The van der Waals surface area contributed by atoms with Crippen molar-refractivity contribution in [1.82, 2.24) is 15.5 Å². The summed E-state index contributed by atoms with van der Waals surface area (Å²) >= 11 is 0. The molecule has 0 aliphatic carbocycles. The van der Waals surface area contributed by atoms with Crippen LogP contribution in [0.1, 0.15) is 5.56 Å². The number of alkyl halides is 3. The number of methoxy groups -OCH3 is 2. The fourth-order valence-corrected chi connectivity index (χ4v) is 2.05. The lowest BCUT2D eigenvalue weighted by atomic mass is 10.2. The van der Waals surface area contributed by atoms with Gasteiger partial charge in [0.15, 0.2) is 17.5 Å². The molecule has 0 heterocycles. The molecule has 0 saturated carbocycles. The molecule has 0 unspecified atom stereocenters. The summed E-state index contributed by atoms with van der Waals surface area (Å²) < 4.78 is 47.2. The molecular weight excluding hydrogens is 353 g/mol. The smallest absolute Gasteiger partial charge is 0.406 e. The molecule has 1 rings (SSSR count). The second-order valence-electron chi connectivity index (χ2n) is 5.33. The number of guanidine groups is 1. The lowest BCUT2D eigenvalue weighted by Crippen LogP contribution is -2.45. The molecule has 0 aliphatic rings. The molecule has 7 nitrogen and oxygen atoms in total. The van der Waals surface area contributed by atoms with Crippen molar-refractivity contribution in [2.24, 2.45) is 4.99 Å². The van der Waals surface area contributed by atoms with Gasteiger partial charge in [-0.05, 0) is 17.7 Å². The number of hydrogen-bond donors (Lipinski definition) is 2. The Bertz CT molecular complexity index is 636. The Morgan fingerprint density at radius 1 is 1.19 bits per heavy atom. The van der Waals surface area contributed by atoms with Crippen molar-refractivity contribution in [2.45, 2.75) is 12.7 Å². The van der Waals surface area contributed by atoms with Crippen LogP contribution in [0, 0.1) is 0 Å². The van der Waals surface area contributed by atoms with Gasteiger partial charge in [0.05, 0.1) is 20.8 Å². The van der Waals surface area contributed by atoms with Gasteiger partial charge in [-0.25, -0.2) is 0 Å². The fourth-order valence-electron chi connectivity index (χ4n) is 2.05. The zero-order chi connectivity index (χ0) is 19.7. The minimum Gasteiger partial charge on any atom is -0.493 e. The minimum atomic E-state index is -4.43. The third-order valence-electron chi connectivity index (χ3n) is 3.38. The standard InChI is InChI=1S/C16H23F3N4O3/c1-20-15(22-9-14(24)23(2)10-16(17,18)19)21-8-11-5-6-12(25-3)13(7-11)26-4/h5-7H,8-10H2,1-4H3,(H2,20,21,22). The highest BCUT2D eigenvalue weighted by Crippen LogP contribution is 2.27. The van der Waals surface area contributed by atoms with E-state index in [4.69, 9.17) is 9.47 Å². The molecule has 0 aliphatic heterocycles. The van der Waals surface area contributed by atoms with Crippen molar-refractivity contribution < 1.29 is 27.4 Å². The predicted molar refractivity (Wildman–Crippen MR) is 91.4 cm³/mol. The van der Waals surface area contributed by atoms with Crippen LogP contribution in [0.3, 0.4) is 0 Å². The quantitative estimate of drug-likeness (QED) is 0.556. The monoisotopic (exact) mass is 376 g/mol. The van der Waals surface area contributed by atoms with E-state index in [9.17, 15) is 18.0 Å². The third kappa shape index (κ3) is 7.08. The maximum atomic E-state index is 12.3. The van der Waals surface area contributed by atoms with Crippen LogP contribution in [-0.4, -0.2) is 64.3 Å². The third-order valence-corrected chi connectivity index (χ3v) is 3.38. The number of ether oxygens (including phenoxy) is 2. The summed E-state index contributed by atoms with van der Waals surface area (Å²) in [6.45, 7) is -1.24. The Kier molecular flexibility index (Phi) is 8.01. The summed E-state index contributed by atoms with van der Waals surface area (Å²) in [7, 11) is 5.65. The van der Waals surface area contributed by atoms with Crippen LogP contribution in [0.15, 0.2) is 23.2 Å². The number of aliphatic imine (C=N–C) groups is 1. The normalized spacial score (nSPS) is 11.7. The highest BCUT2D eigenvalue weighted by atomic mass is 19.4. The second-order valence-corrected chi connectivity index (χ2v) is 5.33. The molecule has 2 N–H and O–H groups in total. The SMILES string of the molecule is CN=C(NCC(=O)N(C)CC(F)(F)F)NCc1ccc(OC)c(OC)c1. The van der Waals surface area contributed by atoms with E-state index < -0.39 is 18.6 Å². The van der Waals surface area contributed by atoms with E-state index >= 15 is 0 Å². The van der Waals surface area contributed by atoms with E-state index in [1.54, 1.807) is 12.1 Å². The van der Waals surface area contributed by atoms with Crippen LogP contribution >= 0.6 is 0 Å².